The molecule has 27 heavy (non-hydrogen) atoms. The van der Waals surface area contributed by atoms with E-state index in [2.05, 4.69) is 5.32 Å². The fraction of sp³-hybridized carbons (Fsp3) is 0.211. The van der Waals surface area contributed by atoms with E-state index in [0.717, 1.165) is 11.8 Å². The van der Waals surface area contributed by atoms with E-state index in [9.17, 15) is 22.8 Å². The highest BCUT2D eigenvalue weighted by molar-refractivity contribution is 7.90. The van der Waals surface area contributed by atoms with E-state index in [1.165, 1.54) is 29.2 Å². The van der Waals surface area contributed by atoms with Crippen LogP contribution in [0.1, 0.15) is 28.8 Å². The van der Waals surface area contributed by atoms with E-state index >= 15 is 0 Å². The van der Waals surface area contributed by atoms with Gasteiger partial charge in [-0.3, -0.25) is 19.3 Å². The summed E-state index contributed by atoms with van der Waals surface area (Å²) < 4.78 is 22.9. The first-order valence-corrected chi connectivity index (χ1v) is 10.2. The monoisotopic (exact) mass is 386 g/mol. The maximum Gasteiger partial charge on any atom is 0.255 e. The number of nitrogens with zero attached hydrogens (tertiary/aromatic N) is 1. The van der Waals surface area contributed by atoms with E-state index < -0.39 is 9.84 Å². The number of nitrogens with one attached hydrogen (secondary N) is 1. The van der Waals surface area contributed by atoms with Crippen molar-refractivity contribution in [2.75, 3.05) is 11.6 Å². The van der Waals surface area contributed by atoms with E-state index in [1.807, 2.05) is 0 Å². The molecule has 1 N–H and O–H groups in total. The van der Waals surface area contributed by atoms with Crippen LogP contribution in [0.4, 0.5) is 5.69 Å². The number of hydrogen-bond acceptors (Lipinski definition) is 5. The molecule has 2 aromatic rings. The Hall–Kier alpha value is -3.00. The molecule has 0 aromatic heterocycles. The minimum atomic E-state index is -3.29. The van der Waals surface area contributed by atoms with Gasteiger partial charge >= 0.3 is 0 Å². The summed E-state index contributed by atoms with van der Waals surface area (Å²) in [5, 5.41) is 2.69. The van der Waals surface area contributed by atoms with Crippen LogP contribution in [0.3, 0.4) is 0 Å². The molecule has 3 amide bonds. The lowest BCUT2D eigenvalue weighted by Gasteiger charge is -2.14. The summed E-state index contributed by atoms with van der Waals surface area (Å²) >= 11 is 0. The van der Waals surface area contributed by atoms with Crippen molar-refractivity contribution in [3.63, 3.8) is 0 Å². The number of carbonyl (C=O) groups is 3. The fourth-order valence-electron chi connectivity index (χ4n) is 2.73. The standard InChI is InChI=1S/C19H18N2O5S/c1-27(25,26)16-8-6-15(7-9-16)20-19(24)14-4-2-13(3-5-14)12-21-17(22)10-11-18(21)23/h2-9H,10-12H2,1H3,(H,20,24). The van der Waals surface area contributed by atoms with Crippen LogP contribution >= 0.6 is 0 Å². The summed E-state index contributed by atoms with van der Waals surface area (Å²) in [6.07, 6.45) is 1.61. The van der Waals surface area contributed by atoms with Gasteiger partial charge < -0.3 is 5.32 Å². The van der Waals surface area contributed by atoms with E-state index in [0.29, 0.717) is 11.3 Å². The predicted octanol–water partition coefficient (Wildman–Crippen LogP) is 1.99. The average molecular weight is 386 g/mol. The van der Waals surface area contributed by atoms with Crippen molar-refractivity contribution in [1.82, 2.24) is 4.90 Å². The summed E-state index contributed by atoms with van der Waals surface area (Å²) in [7, 11) is -3.29. The molecule has 3 rings (SSSR count). The molecule has 1 saturated heterocycles. The number of hydrogen-bond donors (Lipinski definition) is 1. The minimum absolute atomic E-state index is 0.177. The molecule has 1 aliphatic rings. The zero-order chi connectivity index (χ0) is 19.6. The van der Waals surface area contributed by atoms with Gasteiger partial charge in [0.1, 0.15) is 0 Å². The Morgan fingerprint density at radius 3 is 2.04 bits per heavy atom. The van der Waals surface area contributed by atoms with Crippen LogP contribution in [0.15, 0.2) is 53.4 Å². The zero-order valence-corrected chi connectivity index (χ0v) is 15.5. The summed E-state index contributed by atoms with van der Waals surface area (Å²) in [5.74, 6) is -0.708. The number of amides is 3. The summed E-state index contributed by atoms with van der Waals surface area (Å²) in [6.45, 7) is 0.201. The molecule has 2 aromatic carbocycles. The molecule has 0 bridgehead atoms. The summed E-state index contributed by atoms with van der Waals surface area (Å²) in [6, 6.07) is 12.5. The van der Waals surface area contributed by atoms with Gasteiger partial charge in [0.25, 0.3) is 5.91 Å². The summed E-state index contributed by atoms with van der Waals surface area (Å²) in [4.78, 5) is 37.0. The highest BCUT2D eigenvalue weighted by Gasteiger charge is 2.28. The van der Waals surface area contributed by atoms with Crippen molar-refractivity contribution in [2.24, 2.45) is 0 Å². The molecule has 1 heterocycles. The van der Waals surface area contributed by atoms with Gasteiger partial charge in [0.2, 0.25) is 11.8 Å². The quantitative estimate of drug-likeness (QED) is 0.792. The van der Waals surface area contributed by atoms with Crippen LogP contribution in [-0.4, -0.2) is 37.3 Å². The van der Waals surface area contributed by atoms with Crippen LogP contribution in [-0.2, 0) is 26.0 Å². The molecule has 0 spiro atoms. The highest BCUT2D eigenvalue weighted by atomic mass is 32.2. The second-order valence-corrected chi connectivity index (χ2v) is 8.34. The van der Waals surface area contributed by atoms with Crippen molar-refractivity contribution in [3.8, 4) is 0 Å². The molecule has 140 valence electrons. The molecule has 8 heteroatoms. The molecular weight excluding hydrogens is 368 g/mol. The molecule has 0 unspecified atom stereocenters. The molecule has 0 saturated carbocycles. The fourth-order valence-corrected chi connectivity index (χ4v) is 3.36. The van der Waals surface area contributed by atoms with Crippen LogP contribution in [0.5, 0.6) is 0 Å². The van der Waals surface area contributed by atoms with Crippen LogP contribution < -0.4 is 5.32 Å². The third kappa shape index (κ3) is 4.40. The van der Waals surface area contributed by atoms with E-state index in [4.69, 9.17) is 0 Å². The lowest BCUT2D eigenvalue weighted by Crippen LogP contribution is -2.28. The minimum Gasteiger partial charge on any atom is -0.322 e. The molecule has 0 atom stereocenters. The normalized spacial score (nSPS) is 14.5. The van der Waals surface area contributed by atoms with Crippen LogP contribution in [0, 0.1) is 0 Å². The Kier molecular flexibility index (Phi) is 5.09. The topological polar surface area (TPSA) is 101 Å². The lowest BCUT2D eigenvalue weighted by molar-refractivity contribution is -0.139. The largest absolute Gasteiger partial charge is 0.322 e. The van der Waals surface area contributed by atoms with Crippen molar-refractivity contribution in [1.29, 1.82) is 0 Å². The zero-order valence-electron chi connectivity index (χ0n) is 14.6. The number of sulfone groups is 1. The number of likely N-dealkylation sites (tertiary alicyclic amines) is 1. The van der Waals surface area contributed by atoms with E-state index in [1.54, 1.807) is 24.3 Å². The maximum atomic E-state index is 12.3. The Morgan fingerprint density at radius 2 is 1.52 bits per heavy atom. The number of benzene rings is 2. The summed E-state index contributed by atoms with van der Waals surface area (Å²) in [5.41, 5.74) is 1.64. The Bertz CT molecular complexity index is 979. The number of carbonyl (C=O) groups excluding carboxylic acids is 3. The van der Waals surface area contributed by atoms with Crippen LogP contribution in [0.25, 0.3) is 0 Å². The Balaban J connectivity index is 1.65. The first kappa shape index (κ1) is 18.8. The van der Waals surface area contributed by atoms with Gasteiger partial charge in [-0.15, -0.1) is 0 Å². The number of anilines is 1. The van der Waals surface area contributed by atoms with Gasteiger partial charge in [-0.1, -0.05) is 12.1 Å². The molecule has 7 nitrogen and oxygen atoms in total. The Labute approximate surface area is 156 Å². The number of rotatable bonds is 5. The second kappa shape index (κ2) is 7.32. The molecule has 0 aliphatic carbocycles. The Morgan fingerprint density at radius 1 is 0.963 bits per heavy atom. The first-order chi connectivity index (χ1) is 12.7. The average Bonchev–Trinajstić information content (AvgIpc) is 2.94. The predicted molar refractivity (Wildman–Crippen MR) is 98.7 cm³/mol. The van der Waals surface area contributed by atoms with Crippen molar-refractivity contribution in [3.05, 3.63) is 59.7 Å². The van der Waals surface area contributed by atoms with Crippen LogP contribution in [0.2, 0.25) is 0 Å². The molecule has 1 aliphatic heterocycles. The van der Waals surface area contributed by atoms with Gasteiger partial charge in [0.15, 0.2) is 9.84 Å². The molecular formula is C19H18N2O5S. The molecule has 1 fully saturated rings. The second-order valence-electron chi connectivity index (χ2n) is 6.32. The van der Waals surface area contributed by atoms with Gasteiger partial charge in [0, 0.05) is 30.3 Å². The smallest absolute Gasteiger partial charge is 0.255 e. The first-order valence-electron chi connectivity index (χ1n) is 8.27. The molecule has 0 radical (unpaired) electrons. The SMILES string of the molecule is CS(=O)(=O)c1ccc(NC(=O)c2ccc(CN3C(=O)CCC3=O)cc2)cc1. The van der Waals surface area contributed by atoms with Crippen molar-refractivity contribution >= 4 is 33.2 Å². The highest BCUT2D eigenvalue weighted by Crippen LogP contribution is 2.18. The van der Waals surface area contributed by atoms with Crippen molar-refractivity contribution in [2.45, 2.75) is 24.3 Å². The third-order valence-corrected chi connectivity index (χ3v) is 5.38. The van der Waals surface area contributed by atoms with Gasteiger partial charge in [-0.05, 0) is 42.0 Å². The van der Waals surface area contributed by atoms with Gasteiger partial charge in [-0.25, -0.2) is 8.42 Å². The number of imide groups is 1. The maximum absolute atomic E-state index is 12.3. The van der Waals surface area contributed by atoms with Gasteiger partial charge in [0.05, 0.1) is 11.4 Å². The van der Waals surface area contributed by atoms with Gasteiger partial charge in [-0.2, -0.15) is 0 Å². The van der Waals surface area contributed by atoms with Crippen molar-refractivity contribution < 1.29 is 22.8 Å². The third-order valence-electron chi connectivity index (χ3n) is 4.25. The lowest BCUT2D eigenvalue weighted by atomic mass is 10.1. The van der Waals surface area contributed by atoms with E-state index in [-0.39, 0.29) is 42.0 Å².